The number of hydrogen-bond acceptors (Lipinski definition) is 5. The summed E-state index contributed by atoms with van der Waals surface area (Å²) in [6.07, 6.45) is 1.43. The molecule has 2 heterocycles. The van der Waals surface area contributed by atoms with E-state index in [1.54, 1.807) is 42.5 Å². The first-order valence-corrected chi connectivity index (χ1v) is 10.2. The topological polar surface area (TPSA) is 111 Å². The van der Waals surface area contributed by atoms with E-state index in [9.17, 15) is 14.7 Å². The molecular weight excluding hydrogens is 472 g/mol. The fourth-order valence-electron chi connectivity index (χ4n) is 3.18. The monoisotopic (exact) mass is 486 g/mol. The Hall–Kier alpha value is -2.94. The molecule has 0 amide bonds. The molecule has 4 aromatic rings. The van der Waals surface area contributed by atoms with Gasteiger partial charge in [0.1, 0.15) is 23.2 Å². The van der Waals surface area contributed by atoms with E-state index in [4.69, 9.17) is 11.6 Å². The number of nitrogens with zero attached hydrogens (tertiary/aromatic N) is 1. The maximum atomic E-state index is 12.6. The lowest BCUT2D eigenvalue weighted by Gasteiger charge is -2.15. The number of rotatable bonds is 6. The summed E-state index contributed by atoms with van der Waals surface area (Å²) in [4.78, 5) is 34.0. The van der Waals surface area contributed by atoms with Gasteiger partial charge in [-0.3, -0.25) is 9.59 Å². The number of nitrogens with one attached hydrogen (secondary N) is 3. The first-order chi connectivity index (χ1) is 14.5. The summed E-state index contributed by atoms with van der Waals surface area (Å²) >= 11 is 9.40. The molecule has 1 atom stereocenters. The van der Waals surface area contributed by atoms with Gasteiger partial charge in [-0.25, -0.2) is 4.98 Å². The normalized spacial score (nSPS) is 12.1. The lowest BCUT2D eigenvalue weighted by molar-refractivity contribution is 0.112. The lowest BCUT2D eigenvalue weighted by atomic mass is 10.1. The Balaban J connectivity index is 1.68. The van der Waals surface area contributed by atoms with Crippen LogP contribution in [0.3, 0.4) is 0 Å². The van der Waals surface area contributed by atoms with Crippen LogP contribution in [0.25, 0.3) is 22.4 Å². The van der Waals surface area contributed by atoms with Gasteiger partial charge in [0.2, 0.25) is 0 Å². The highest BCUT2D eigenvalue weighted by molar-refractivity contribution is 9.10. The molecule has 2 aromatic heterocycles. The quantitative estimate of drug-likeness (QED) is 0.303. The molecular formula is C21H16BrClN4O3. The second kappa shape index (κ2) is 8.43. The first kappa shape index (κ1) is 20.3. The van der Waals surface area contributed by atoms with Crippen LogP contribution < -0.4 is 10.9 Å². The molecule has 7 nitrogen and oxygen atoms in total. The third-order valence-corrected chi connectivity index (χ3v) is 5.46. The van der Waals surface area contributed by atoms with Crippen LogP contribution in [0, 0.1) is 0 Å². The summed E-state index contributed by atoms with van der Waals surface area (Å²) in [6.45, 7) is 0.163. The number of imidazole rings is 1. The van der Waals surface area contributed by atoms with Gasteiger partial charge >= 0.3 is 0 Å². The van der Waals surface area contributed by atoms with Crippen molar-refractivity contribution in [3.8, 4) is 11.4 Å². The lowest BCUT2D eigenvalue weighted by Crippen LogP contribution is -2.17. The maximum absolute atomic E-state index is 12.6. The van der Waals surface area contributed by atoms with Crippen LogP contribution in [0.1, 0.15) is 22.0 Å². The van der Waals surface area contributed by atoms with Gasteiger partial charge in [0.15, 0.2) is 0 Å². The molecule has 0 bridgehead atoms. The van der Waals surface area contributed by atoms with Crippen molar-refractivity contribution in [1.82, 2.24) is 15.0 Å². The molecule has 152 valence electrons. The zero-order chi connectivity index (χ0) is 21.3. The minimum atomic E-state index is -0.823. The van der Waals surface area contributed by atoms with Crippen LogP contribution >= 0.6 is 27.5 Å². The van der Waals surface area contributed by atoms with Crippen LogP contribution in [-0.4, -0.2) is 32.9 Å². The van der Waals surface area contributed by atoms with Crippen LogP contribution in [0.15, 0.2) is 57.9 Å². The van der Waals surface area contributed by atoms with Gasteiger partial charge < -0.3 is 20.4 Å². The van der Waals surface area contributed by atoms with Crippen molar-refractivity contribution in [1.29, 1.82) is 0 Å². The second-order valence-corrected chi connectivity index (χ2v) is 7.94. The largest absolute Gasteiger partial charge is 0.387 e. The Morgan fingerprint density at radius 1 is 1.27 bits per heavy atom. The molecule has 0 saturated heterocycles. The number of aldehydes is 1. The minimum absolute atomic E-state index is 0.163. The summed E-state index contributed by atoms with van der Waals surface area (Å²) in [6, 6.07) is 12.0. The van der Waals surface area contributed by atoms with E-state index in [0.29, 0.717) is 48.7 Å². The molecule has 4 rings (SSSR count). The Morgan fingerprint density at radius 2 is 2.10 bits per heavy atom. The molecule has 0 aliphatic carbocycles. The van der Waals surface area contributed by atoms with Gasteiger partial charge in [-0.15, -0.1) is 0 Å². The molecule has 4 N–H and O–H groups in total. The van der Waals surface area contributed by atoms with Crippen molar-refractivity contribution < 1.29 is 9.90 Å². The van der Waals surface area contributed by atoms with Crippen molar-refractivity contribution in [3.63, 3.8) is 0 Å². The van der Waals surface area contributed by atoms with E-state index >= 15 is 0 Å². The van der Waals surface area contributed by atoms with E-state index in [2.05, 4.69) is 36.2 Å². The number of aromatic amines is 2. The molecule has 9 heteroatoms. The van der Waals surface area contributed by atoms with Gasteiger partial charge in [-0.05, 0) is 51.8 Å². The van der Waals surface area contributed by atoms with Gasteiger partial charge in [-0.2, -0.15) is 0 Å². The average Bonchev–Trinajstić information content (AvgIpc) is 3.16. The summed E-state index contributed by atoms with van der Waals surface area (Å²) in [7, 11) is 0. The van der Waals surface area contributed by atoms with Gasteiger partial charge in [0.05, 0.1) is 17.3 Å². The average molecular weight is 488 g/mol. The molecule has 0 saturated carbocycles. The molecule has 0 aliphatic heterocycles. The fourth-order valence-corrected chi connectivity index (χ4v) is 3.95. The van der Waals surface area contributed by atoms with Crippen molar-refractivity contribution in [3.05, 3.63) is 79.6 Å². The second-order valence-electron chi connectivity index (χ2n) is 6.65. The molecule has 0 radical (unpaired) electrons. The van der Waals surface area contributed by atoms with Crippen molar-refractivity contribution in [2.24, 2.45) is 0 Å². The number of anilines is 1. The van der Waals surface area contributed by atoms with Crippen molar-refractivity contribution in [2.75, 3.05) is 11.9 Å². The summed E-state index contributed by atoms with van der Waals surface area (Å²) in [5.41, 5.74) is 2.82. The van der Waals surface area contributed by atoms with Crippen molar-refractivity contribution in [2.45, 2.75) is 6.10 Å². The SMILES string of the molecule is O=Cc1cc(Br)c2nc(-c3c(NCC(O)c4cccc(Cl)c4)cc[nH]c3=O)[nH]c2c1. The highest BCUT2D eigenvalue weighted by Crippen LogP contribution is 2.29. The fraction of sp³-hybridized carbons (Fsp3) is 0.0952. The van der Waals surface area contributed by atoms with E-state index in [1.807, 2.05) is 0 Å². The minimum Gasteiger partial charge on any atom is -0.387 e. The highest BCUT2D eigenvalue weighted by atomic mass is 79.9. The van der Waals surface area contributed by atoms with E-state index < -0.39 is 6.10 Å². The number of H-pyrrole nitrogens is 2. The summed E-state index contributed by atoms with van der Waals surface area (Å²) in [5.74, 6) is 0.343. The zero-order valence-corrected chi connectivity index (χ0v) is 17.8. The summed E-state index contributed by atoms with van der Waals surface area (Å²) < 4.78 is 0.642. The van der Waals surface area contributed by atoms with Crippen LogP contribution in [-0.2, 0) is 0 Å². The van der Waals surface area contributed by atoms with Crippen LogP contribution in [0.4, 0.5) is 5.69 Å². The summed E-state index contributed by atoms with van der Waals surface area (Å²) in [5, 5.41) is 14.1. The van der Waals surface area contributed by atoms with Crippen LogP contribution in [0.5, 0.6) is 0 Å². The Kier molecular flexibility index (Phi) is 5.72. The predicted octanol–water partition coefficient (Wildman–Crippen LogP) is 4.29. The van der Waals surface area contributed by atoms with Gasteiger partial charge in [0, 0.05) is 27.8 Å². The number of aromatic nitrogens is 3. The highest BCUT2D eigenvalue weighted by Gasteiger charge is 2.17. The number of aliphatic hydroxyl groups excluding tert-OH is 1. The Labute approximate surface area is 184 Å². The van der Waals surface area contributed by atoms with Crippen LogP contribution in [0.2, 0.25) is 5.02 Å². The zero-order valence-electron chi connectivity index (χ0n) is 15.4. The Morgan fingerprint density at radius 3 is 2.87 bits per heavy atom. The first-order valence-electron chi connectivity index (χ1n) is 9.00. The Bertz CT molecular complexity index is 1300. The number of aliphatic hydroxyl groups is 1. The third kappa shape index (κ3) is 4.02. The van der Waals surface area contributed by atoms with E-state index in [-0.39, 0.29) is 12.1 Å². The number of hydrogen-bond donors (Lipinski definition) is 4. The number of pyridine rings is 1. The number of carbonyl (C=O) groups excluding carboxylic acids is 1. The van der Waals surface area contributed by atoms with Gasteiger partial charge in [-0.1, -0.05) is 23.7 Å². The number of carbonyl (C=O) groups is 1. The molecule has 2 aromatic carbocycles. The van der Waals surface area contributed by atoms with Gasteiger partial charge in [0.25, 0.3) is 5.56 Å². The molecule has 30 heavy (non-hydrogen) atoms. The van der Waals surface area contributed by atoms with E-state index in [0.717, 1.165) is 6.29 Å². The van der Waals surface area contributed by atoms with Crippen molar-refractivity contribution >= 4 is 50.5 Å². The smallest absolute Gasteiger partial charge is 0.261 e. The third-order valence-electron chi connectivity index (χ3n) is 4.62. The maximum Gasteiger partial charge on any atom is 0.261 e. The number of fused-ring (bicyclic) bond motifs is 1. The molecule has 0 fully saturated rings. The predicted molar refractivity (Wildman–Crippen MR) is 120 cm³/mol. The number of halogens is 2. The molecule has 1 unspecified atom stereocenters. The van der Waals surface area contributed by atoms with E-state index in [1.165, 1.54) is 6.20 Å². The molecule has 0 spiro atoms. The number of benzene rings is 2. The molecule has 0 aliphatic rings. The standard InChI is InChI=1S/C21H16BrClN4O3/c22-14-6-11(10-28)7-16-19(14)27-20(26-16)18-15(4-5-24-21(18)30)25-9-17(29)12-2-1-3-13(23)8-12/h1-8,10,17,29H,9H2,(H,26,27)(H2,24,25,30).